The van der Waals surface area contributed by atoms with Crippen molar-refractivity contribution in [2.24, 2.45) is 5.41 Å². The zero-order valence-electron chi connectivity index (χ0n) is 22.3. The monoisotopic (exact) mass is 510 g/mol. The fraction of sp³-hybridized carbons (Fsp3) is 0.438. The number of aromatic amines is 2. The molecule has 0 bridgehead atoms. The molecule has 4 heterocycles. The number of carbonyl (C=O) groups is 2. The molecule has 2 aromatic heterocycles. The number of amides is 2. The van der Waals surface area contributed by atoms with Gasteiger partial charge in [-0.2, -0.15) is 0 Å². The van der Waals surface area contributed by atoms with Crippen molar-refractivity contribution in [2.45, 2.75) is 70.9 Å². The van der Waals surface area contributed by atoms with Crippen LogP contribution in [-0.2, 0) is 22.4 Å². The summed E-state index contributed by atoms with van der Waals surface area (Å²) in [5, 5.41) is 2.51. The molecule has 2 N–H and O–H groups in total. The third kappa shape index (κ3) is 4.40. The first kappa shape index (κ1) is 24.8. The molecule has 38 heavy (non-hydrogen) atoms. The molecular weight excluding hydrogens is 472 g/mol. The largest absolute Gasteiger partial charge is 0.361 e. The van der Waals surface area contributed by atoms with Gasteiger partial charge in [-0.15, -0.1) is 0 Å². The van der Waals surface area contributed by atoms with Crippen LogP contribution in [0.1, 0.15) is 63.0 Å². The first-order valence-electron chi connectivity index (χ1n) is 14.3. The van der Waals surface area contributed by atoms with Crippen LogP contribution in [0.5, 0.6) is 0 Å². The Balaban J connectivity index is 1.19. The summed E-state index contributed by atoms with van der Waals surface area (Å²) in [6, 6.07) is 16.8. The summed E-state index contributed by atoms with van der Waals surface area (Å²) in [4.78, 5) is 37.6. The second-order valence-corrected chi connectivity index (χ2v) is 11.2. The van der Waals surface area contributed by atoms with E-state index in [2.05, 4.69) is 75.5 Å². The molecule has 6 nitrogen and oxygen atoms in total. The smallest absolute Gasteiger partial charge is 0.224 e. The number of para-hydroxylation sites is 2. The van der Waals surface area contributed by atoms with Gasteiger partial charge in [0.1, 0.15) is 6.17 Å². The Hall–Kier alpha value is -3.54. The lowest BCUT2D eigenvalue weighted by molar-refractivity contribution is -0.174. The maximum Gasteiger partial charge on any atom is 0.224 e. The fourth-order valence-corrected chi connectivity index (χ4v) is 7.07. The summed E-state index contributed by atoms with van der Waals surface area (Å²) in [7, 11) is 0. The van der Waals surface area contributed by atoms with Gasteiger partial charge in [0.2, 0.25) is 11.8 Å². The second-order valence-electron chi connectivity index (χ2n) is 11.2. The maximum atomic E-state index is 13.3. The van der Waals surface area contributed by atoms with Crippen LogP contribution >= 0.6 is 0 Å². The molecule has 6 heteroatoms. The minimum atomic E-state index is -0.124. The summed E-state index contributed by atoms with van der Waals surface area (Å²) >= 11 is 0. The van der Waals surface area contributed by atoms with Gasteiger partial charge in [0, 0.05) is 65.5 Å². The molecule has 198 valence electrons. The average Bonchev–Trinajstić information content (AvgIpc) is 3.56. The minimum Gasteiger partial charge on any atom is -0.361 e. The summed E-state index contributed by atoms with van der Waals surface area (Å²) in [5.74, 6) is 0.406. The number of benzene rings is 2. The van der Waals surface area contributed by atoms with E-state index in [1.807, 2.05) is 12.1 Å². The molecule has 0 saturated carbocycles. The summed E-state index contributed by atoms with van der Waals surface area (Å²) < 4.78 is 0. The fourth-order valence-electron chi connectivity index (χ4n) is 7.07. The summed E-state index contributed by atoms with van der Waals surface area (Å²) in [5.41, 5.74) is 4.90. The van der Waals surface area contributed by atoms with Gasteiger partial charge < -0.3 is 19.8 Å². The van der Waals surface area contributed by atoms with Crippen molar-refractivity contribution < 1.29 is 9.59 Å². The van der Waals surface area contributed by atoms with E-state index in [0.29, 0.717) is 25.9 Å². The van der Waals surface area contributed by atoms with E-state index in [0.717, 1.165) is 56.0 Å². The number of nitrogens with zero attached hydrogens (tertiary/aromatic N) is 2. The molecule has 4 aromatic rings. The number of aryl methyl sites for hydroxylation is 2. The van der Waals surface area contributed by atoms with Crippen LogP contribution in [0.3, 0.4) is 0 Å². The Morgan fingerprint density at radius 3 is 1.71 bits per heavy atom. The van der Waals surface area contributed by atoms with Gasteiger partial charge in [-0.3, -0.25) is 9.59 Å². The highest BCUT2D eigenvalue weighted by atomic mass is 16.2. The van der Waals surface area contributed by atoms with Gasteiger partial charge in [-0.05, 0) is 68.2 Å². The van der Waals surface area contributed by atoms with Gasteiger partial charge >= 0.3 is 0 Å². The average molecular weight is 511 g/mol. The molecule has 0 aliphatic carbocycles. The van der Waals surface area contributed by atoms with E-state index in [1.165, 1.54) is 21.9 Å². The Morgan fingerprint density at radius 1 is 0.763 bits per heavy atom. The summed E-state index contributed by atoms with van der Waals surface area (Å²) in [6.45, 7) is 3.63. The highest BCUT2D eigenvalue weighted by molar-refractivity contribution is 5.84. The lowest BCUT2D eigenvalue weighted by Crippen LogP contribution is -2.66. The lowest BCUT2D eigenvalue weighted by atomic mass is 9.68. The number of carbonyl (C=O) groups excluding carboxylic acids is 2. The van der Waals surface area contributed by atoms with E-state index >= 15 is 0 Å². The predicted octanol–water partition coefficient (Wildman–Crippen LogP) is 6.18. The first-order chi connectivity index (χ1) is 18.6. The van der Waals surface area contributed by atoms with Crippen LogP contribution in [0.15, 0.2) is 60.9 Å². The van der Waals surface area contributed by atoms with Crippen molar-refractivity contribution in [3.05, 3.63) is 72.1 Å². The lowest BCUT2D eigenvalue weighted by Gasteiger charge is -2.56. The molecular formula is C32H38N4O2. The molecule has 0 spiro atoms. The minimum absolute atomic E-state index is 0.00336. The molecule has 2 aliphatic rings. The normalized spacial score (nSPS) is 22.0. The van der Waals surface area contributed by atoms with Gasteiger partial charge in [-0.1, -0.05) is 43.3 Å². The van der Waals surface area contributed by atoms with Gasteiger partial charge in [-0.25, -0.2) is 0 Å². The van der Waals surface area contributed by atoms with E-state index in [1.54, 1.807) is 0 Å². The number of fused-ring (bicyclic) bond motifs is 3. The second kappa shape index (κ2) is 10.3. The molecule has 6 rings (SSSR count). The molecule has 2 fully saturated rings. The van der Waals surface area contributed by atoms with Gasteiger partial charge in [0.05, 0.1) is 0 Å². The van der Waals surface area contributed by atoms with Crippen LogP contribution in [-0.4, -0.2) is 50.8 Å². The van der Waals surface area contributed by atoms with Crippen molar-refractivity contribution >= 4 is 33.6 Å². The van der Waals surface area contributed by atoms with E-state index in [9.17, 15) is 9.59 Å². The SMILES string of the molecule is CCC12CCC(=O)N(CCCc3c[nH]c4ccccc34)C1N(CCCc1c[nH]c3ccccc13)C(=O)CC2. The molecule has 2 aromatic carbocycles. The number of H-pyrrole nitrogens is 2. The highest BCUT2D eigenvalue weighted by Crippen LogP contribution is 2.48. The number of likely N-dealkylation sites (tertiary alicyclic amines) is 2. The Kier molecular flexibility index (Phi) is 6.73. The van der Waals surface area contributed by atoms with Crippen LogP contribution in [0.25, 0.3) is 21.8 Å². The first-order valence-corrected chi connectivity index (χ1v) is 14.3. The number of hydrogen-bond donors (Lipinski definition) is 2. The van der Waals surface area contributed by atoms with Crippen molar-refractivity contribution in [2.75, 3.05) is 13.1 Å². The summed E-state index contributed by atoms with van der Waals surface area (Å²) in [6.07, 6.45) is 11.6. The molecule has 0 atom stereocenters. The van der Waals surface area contributed by atoms with Crippen molar-refractivity contribution in [3.8, 4) is 0 Å². The highest BCUT2D eigenvalue weighted by Gasteiger charge is 2.52. The number of aromatic nitrogens is 2. The van der Waals surface area contributed by atoms with E-state index < -0.39 is 0 Å². The molecule has 0 radical (unpaired) electrons. The topological polar surface area (TPSA) is 72.2 Å². The number of rotatable bonds is 9. The molecule has 2 amide bonds. The third-order valence-electron chi connectivity index (χ3n) is 9.20. The van der Waals surface area contributed by atoms with Crippen molar-refractivity contribution in [3.63, 3.8) is 0 Å². The zero-order valence-corrected chi connectivity index (χ0v) is 22.3. The van der Waals surface area contributed by atoms with Crippen molar-refractivity contribution in [1.82, 2.24) is 19.8 Å². The standard InChI is InChI=1S/C32H38N4O2/c1-2-32-17-15-29(37)35(19-7-9-23-21-33-27-13-5-3-11-25(23)27)31(32)36(30(38)16-18-32)20-8-10-24-22-34-28-14-6-4-12-26(24)28/h3-6,11-14,21-22,31,33-34H,2,7-10,15-20H2,1H3. The van der Waals surface area contributed by atoms with Crippen LogP contribution in [0.2, 0.25) is 0 Å². The quantitative estimate of drug-likeness (QED) is 0.282. The van der Waals surface area contributed by atoms with Gasteiger partial charge in [0.25, 0.3) is 0 Å². The van der Waals surface area contributed by atoms with E-state index in [4.69, 9.17) is 0 Å². The van der Waals surface area contributed by atoms with E-state index in [-0.39, 0.29) is 23.4 Å². The third-order valence-corrected chi connectivity index (χ3v) is 9.20. The molecule has 2 aliphatic heterocycles. The molecule has 2 saturated heterocycles. The Bertz CT molecular complexity index is 1350. The zero-order chi connectivity index (χ0) is 26.1. The van der Waals surface area contributed by atoms with Gasteiger partial charge in [0.15, 0.2) is 0 Å². The van der Waals surface area contributed by atoms with Crippen LogP contribution < -0.4 is 0 Å². The number of piperidine rings is 2. The maximum absolute atomic E-state index is 13.3. The molecule has 0 unspecified atom stereocenters. The van der Waals surface area contributed by atoms with Crippen molar-refractivity contribution in [1.29, 1.82) is 0 Å². The number of hydrogen-bond acceptors (Lipinski definition) is 2. The van der Waals surface area contributed by atoms with Crippen LogP contribution in [0, 0.1) is 5.41 Å². The predicted molar refractivity (Wildman–Crippen MR) is 152 cm³/mol. The Labute approximate surface area is 224 Å². The van der Waals surface area contributed by atoms with Crippen LogP contribution in [0.4, 0.5) is 0 Å². The number of nitrogens with one attached hydrogen (secondary N) is 2. The Morgan fingerprint density at radius 2 is 1.24 bits per heavy atom.